The first-order valence-electron chi connectivity index (χ1n) is 8.10. The molecule has 1 atom stereocenters. The van der Waals surface area contributed by atoms with Crippen LogP contribution in [0.4, 0.5) is 18.9 Å². The molecule has 28 heavy (non-hydrogen) atoms. The lowest BCUT2D eigenvalue weighted by Crippen LogP contribution is -2.45. The smallest absolute Gasteiger partial charge is 0.283 e. The molecule has 0 fully saturated rings. The Hall–Kier alpha value is -3.61. The van der Waals surface area contributed by atoms with Gasteiger partial charge in [-0.2, -0.15) is 5.26 Å². The molecule has 0 saturated carbocycles. The predicted octanol–water partition coefficient (Wildman–Crippen LogP) is 2.54. The molecular formula is C18H14F3N5O2. The number of rotatable bonds is 4. The number of anilines is 1. The standard InChI is InChI=1S/C18H14F3N5O2/c19-13-3-2-11(26-15(27)14-4-1-10(8-22)9-25-14)7-12(13)18(16(20)21)5-6-24-17(23)28-18/h1-4,7,9,16H,5-6H2,(H2,23,24)(H,26,27)/t18-/m0/s1. The molecule has 0 bridgehead atoms. The molecule has 144 valence electrons. The van der Waals surface area contributed by atoms with Crippen molar-refractivity contribution in [2.24, 2.45) is 10.7 Å². The van der Waals surface area contributed by atoms with Crippen LogP contribution in [0, 0.1) is 17.1 Å². The fourth-order valence-electron chi connectivity index (χ4n) is 2.78. The van der Waals surface area contributed by atoms with Gasteiger partial charge in [-0.05, 0) is 30.3 Å². The van der Waals surface area contributed by atoms with Gasteiger partial charge in [-0.3, -0.25) is 4.79 Å². The largest absolute Gasteiger partial charge is 0.448 e. The number of nitrogens with one attached hydrogen (secondary N) is 1. The van der Waals surface area contributed by atoms with E-state index < -0.39 is 35.3 Å². The third-order valence-electron chi connectivity index (χ3n) is 4.20. The number of benzene rings is 1. The van der Waals surface area contributed by atoms with Crippen molar-refractivity contribution in [2.45, 2.75) is 18.4 Å². The minimum absolute atomic E-state index is 0.00116. The number of carbonyl (C=O) groups excluding carboxylic acids is 1. The molecule has 1 aliphatic heterocycles. The summed E-state index contributed by atoms with van der Waals surface area (Å²) < 4.78 is 47.1. The van der Waals surface area contributed by atoms with E-state index in [9.17, 15) is 18.0 Å². The normalized spacial score (nSPS) is 18.8. The second-order valence-corrected chi connectivity index (χ2v) is 5.95. The number of pyridine rings is 1. The molecule has 1 aliphatic rings. The molecule has 3 rings (SSSR count). The van der Waals surface area contributed by atoms with E-state index in [4.69, 9.17) is 15.7 Å². The summed E-state index contributed by atoms with van der Waals surface area (Å²) >= 11 is 0. The van der Waals surface area contributed by atoms with Crippen LogP contribution in [0.15, 0.2) is 41.5 Å². The minimum Gasteiger partial charge on any atom is -0.448 e. The molecule has 1 aromatic carbocycles. The van der Waals surface area contributed by atoms with Gasteiger partial charge in [0.2, 0.25) is 5.60 Å². The van der Waals surface area contributed by atoms with Gasteiger partial charge in [0.05, 0.1) is 5.56 Å². The summed E-state index contributed by atoms with van der Waals surface area (Å²) in [6.07, 6.45) is -2.15. The SMILES string of the molecule is N#Cc1ccc(C(=O)Nc2ccc(F)c([C@]3(C(F)F)CCN=C(N)O3)c2)nc1. The molecule has 0 saturated heterocycles. The molecule has 1 aromatic heterocycles. The maximum atomic E-state index is 14.4. The lowest BCUT2D eigenvalue weighted by molar-refractivity contribution is -0.103. The minimum atomic E-state index is -3.08. The first kappa shape index (κ1) is 19.2. The number of ether oxygens (including phenoxy) is 1. The van der Waals surface area contributed by atoms with Crippen LogP contribution in [0.1, 0.15) is 28.0 Å². The number of alkyl halides is 2. The average molecular weight is 389 g/mol. The van der Waals surface area contributed by atoms with Gasteiger partial charge in [0.25, 0.3) is 18.4 Å². The highest BCUT2D eigenvalue weighted by Gasteiger charge is 2.48. The summed E-state index contributed by atoms with van der Waals surface area (Å²) in [5, 5.41) is 11.2. The zero-order valence-corrected chi connectivity index (χ0v) is 14.3. The summed E-state index contributed by atoms with van der Waals surface area (Å²) in [6, 6.07) is 7.40. The third kappa shape index (κ3) is 3.59. The van der Waals surface area contributed by atoms with Gasteiger partial charge in [0.1, 0.15) is 17.6 Å². The summed E-state index contributed by atoms with van der Waals surface area (Å²) in [5.74, 6) is -1.58. The van der Waals surface area contributed by atoms with Gasteiger partial charge in [-0.25, -0.2) is 23.1 Å². The Morgan fingerprint density at radius 2 is 2.14 bits per heavy atom. The van der Waals surface area contributed by atoms with E-state index in [2.05, 4.69) is 15.3 Å². The quantitative estimate of drug-likeness (QED) is 0.834. The second-order valence-electron chi connectivity index (χ2n) is 5.95. The maximum absolute atomic E-state index is 14.4. The van der Waals surface area contributed by atoms with Crippen molar-refractivity contribution in [2.75, 3.05) is 11.9 Å². The lowest BCUT2D eigenvalue weighted by Gasteiger charge is -2.36. The number of nitrogens with two attached hydrogens (primary N) is 1. The number of aromatic nitrogens is 1. The fourth-order valence-corrected chi connectivity index (χ4v) is 2.78. The van der Waals surface area contributed by atoms with Crippen LogP contribution in [0.25, 0.3) is 0 Å². The fraction of sp³-hybridized carbons (Fsp3) is 0.222. The maximum Gasteiger partial charge on any atom is 0.283 e. The molecule has 3 N–H and O–H groups in total. The average Bonchev–Trinajstić information content (AvgIpc) is 2.69. The van der Waals surface area contributed by atoms with Crippen LogP contribution in [0.3, 0.4) is 0 Å². The topological polar surface area (TPSA) is 113 Å². The Labute approximate surface area is 157 Å². The Kier molecular flexibility index (Phi) is 5.17. The number of hydrogen-bond acceptors (Lipinski definition) is 6. The Bertz CT molecular complexity index is 972. The van der Waals surface area contributed by atoms with Gasteiger partial charge in [0.15, 0.2) is 0 Å². The molecule has 1 amide bonds. The van der Waals surface area contributed by atoms with Gasteiger partial charge >= 0.3 is 0 Å². The van der Waals surface area contributed by atoms with E-state index in [1.165, 1.54) is 24.4 Å². The Morgan fingerprint density at radius 1 is 1.36 bits per heavy atom. The molecule has 7 nitrogen and oxygen atoms in total. The highest BCUT2D eigenvalue weighted by Crippen LogP contribution is 2.40. The van der Waals surface area contributed by atoms with Crippen LogP contribution in [-0.4, -0.2) is 29.9 Å². The number of aliphatic imine (C=N–C) groups is 1. The van der Waals surface area contributed by atoms with Gasteiger partial charge in [-0.1, -0.05) is 0 Å². The highest BCUT2D eigenvalue weighted by atomic mass is 19.3. The van der Waals surface area contributed by atoms with E-state index in [1.807, 2.05) is 6.07 Å². The summed E-state index contributed by atoms with van der Waals surface area (Å²) in [5.41, 5.74) is 3.02. The van der Waals surface area contributed by atoms with Crippen molar-refractivity contribution < 1.29 is 22.7 Å². The van der Waals surface area contributed by atoms with E-state index in [1.54, 1.807) is 0 Å². The van der Waals surface area contributed by atoms with Crippen LogP contribution in [-0.2, 0) is 10.3 Å². The van der Waals surface area contributed by atoms with E-state index in [-0.39, 0.29) is 29.9 Å². The van der Waals surface area contributed by atoms with Crippen molar-refractivity contribution in [3.05, 3.63) is 59.2 Å². The second kappa shape index (κ2) is 7.56. The molecule has 10 heteroatoms. The summed E-state index contributed by atoms with van der Waals surface area (Å²) in [4.78, 5) is 19.8. The Balaban J connectivity index is 1.91. The van der Waals surface area contributed by atoms with Crippen LogP contribution >= 0.6 is 0 Å². The zero-order chi connectivity index (χ0) is 20.3. The monoisotopic (exact) mass is 389 g/mol. The Morgan fingerprint density at radius 3 is 2.75 bits per heavy atom. The molecule has 0 radical (unpaired) electrons. The number of amides is 1. The molecular weight excluding hydrogens is 375 g/mol. The summed E-state index contributed by atoms with van der Waals surface area (Å²) in [6.45, 7) is -0.0542. The molecule has 0 spiro atoms. The van der Waals surface area contributed by atoms with Gasteiger partial charge < -0.3 is 15.8 Å². The van der Waals surface area contributed by atoms with E-state index in [0.29, 0.717) is 0 Å². The number of nitriles is 1. The van der Waals surface area contributed by atoms with Crippen LogP contribution < -0.4 is 11.1 Å². The molecule has 2 heterocycles. The number of nitrogens with zero attached hydrogens (tertiary/aromatic N) is 3. The van der Waals surface area contributed by atoms with Crippen LogP contribution in [0.5, 0.6) is 0 Å². The highest BCUT2D eigenvalue weighted by molar-refractivity contribution is 6.02. The number of halogens is 3. The first-order valence-corrected chi connectivity index (χ1v) is 8.10. The van der Waals surface area contributed by atoms with Crippen molar-refractivity contribution in [3.8, 4) is 6.07 Å². The first-order chi connectivity index (χ1) is 13.4. The summed E-state index contributed by atoms with van der Waals surface area (Å²) in [7, 11) is 0. The predicted molar refractivity (Wildman–Crippen MR) is 93.2 cm³/mol. The molecule has 0 aliphatic carbocycles. The number of amidine groups is 1. The van der Waals surface area contributed by atoms with Crippen LogP contribution in [0.2, 0.25) is 0 Å². The molecule has 0 unspecified atom stereocenters. The lowest BCUT2D eigenvalue weighted by atomic mass is 9.89. The van der Waals surface area contributed by atoms with E-state index in [0.717, 1.165) is 12.1 Å². The van der Waals surface area contributed by atoms with E-state index >= 15 is 0 Å². The zero-order valence-electron chi connectivity index (χ0n) is 14.3. The van der Waals surface area contributed by atoms with Gasteiger partial charge in [0, 0.05) is 30.4 Å². The van der Waals surface area contributed by atoms with Crippen molar-refractivity contribution >= 4 is 17.6 Å². The number of hydrogen-bond donors (Lipinski definition) is 2. The molecule has 2 aromatic rings. The third-order valence-corrected chi connectivity index (χ3v) is 4.20. The van der Waals surface area contributed by atoms with Crippen molar-refractivity contribution in [1.29, 1.82) is 5.26 Å². The van der Waals surface area contributed by atoms with Gasteiger partial charge in [-0.15, -0.1) is 0 Å². The number of carbonyl (C=O) groups is 1. The van der Waals surface area contributed by atoms with Crippen molar-refractivity contribution in [3.63, 3.8) is 0 Å². The van der Waals surface area contributed by atoms with Crippen molar-refractivity contribution in [1.82, 2.24) is 4.98 Å².